The third-order valence-electron chi connectivity index (χ3n) is 3.96. The van der Waals surface area contributed by atoms with Crippen LogP contribution in [-0.4, -0.2) is 9.97 Å². The first-order chi connectivity index (χ1) is 10.1. The molecule has 21 heavy (non-hydrogen) atoms. The smallest absolute Gasteiger partial charge is 0.251 e. The summed E-state index contributed by atoms with van der Waals surface area (Å²) >= 11 is 0. The van der Waals surface area contributed by atoms with Gasteiger partial charge in [-0.25, -0.2) is 13.8 Å². The number of halogens is 2. The number of rotatable bonds is 3. The van der Waals surface area contributed by atoms with E-state index < -0.39 is 11.6 Å². The van der Waals surface area contributed by atoms with E-state index in [1.807, 2.05) is 0 Å². The highest BCUT2D eigenvalue weighted by Gasteiger charge is 2.19. The largest absolute Gasteiger partial charge is 0.310 e. The highest BCUT2D eigenvalue weighted by molar-refractivity contribution is 5.22. The number of aromatic nitrogens is 2. The molecule has 0 amide bonds. The van der Waals surface area contributed by atoms with E-state index in [1.54, 1.807) is 0 Å². The average molecular weight is 290 g/mol. The molecule has 1 N–H and O–H groups in total. The Morgan fingerprint density at radius 1 is 1.19 bits per heavy atom. The van der Waals surface area contributed by atoms with Gasteiger partial charge in [0.2, 0.25) is 0 Å². The molecule has 3 nitrogen and oxygen atoms in total. The van der Waals surface area contributed by atoms with Crippen molar-refractivity contribution in [3.8, 4) is 0 Å². The minimum atomic E-state index is -0.621. The SMILES string of the molecule is O=c1cc(C2CCCC2)nc(Cc2ccc(F)cc2F)[nH]1. The zero-order valence-electron chi connectivity index (χ0n) is 11.5. The van der Waals surface area contributed by atoms with Crippen LogP contribution in [0.3, 0.4) is 0 Å². The van der Waals surface area contributed by atoms with E-state index in [0.717, 1.165) is 37.4 Å². The second-order valence-electron chi connectivity index (χ2n) is 5.51. The number of benzene rings is 1. The Morgan fingerprint density at radius 2 is 1.95 bits per heavy atom. The van der Waals surface area contributed by atoms with Crippen molar-refractivity contribution in [2.75, 3.05) is 0 Å². The van der Waals surface area contributed by atoms with Crippen LogP contribution in [0.15, 0.2) is 29.1 Å². The van der Waals surface area contributed by atoms with Gasteiger partial charge in [0, 0.05) is 24.5 Å². The summed E-state index contributed by atoms with van der Waals surface area (Å²) in [5, 5.41) is 0. The van der Waals surface area contributed by atoms with E-state index in [1.165, 1.54) is 18.2 Å². The molecule has 1 aromatic heterocycles. The lowest BCUT2D eigenvalue weighted by Crippen LogP contribution is -2.15. The fourth-order valence-corrected chi connectivity index (χ4v) is 2.89. The number of hydrogen-bond acceptors (Lipinski definition) is 2. The maximum atomic E-state index is 13.7. The Hall–Kier alpha value is -2.04. The zero-order valence-corrected chi connectivity index (χ0v) is 11.5. The Kier molecular flexibility index (Phi) is 3.82. The summed E-state index contributed by atoms with van der Waals surface area (Å²) in [5.74, 6) is -0.486. The minimum Gasteiger partial charge on any atom is -0.310 e. The van der Waals surface area contributed by atoms with Crippen molar-refractivity contribution in [1.29, 1.82) is 0 Å². The highest BCUT2D eigenvalue weighted by atomic mass is 19.1. The molecule has 1 heterocycles. The van der Waals surface area contributed by atoms with Crippen LogP contribution in [0.25, 0.3) is 0 Å². The molecule has 0 unspecified atom stereocenters. The van der Waals surface area contributed by atoms with Crippen LogP contribution in [-0.2, 0) is 6.42 Å². The number of aromatic amines is 1. The predicted octanol–water partition coefficient (Wildman–Crippen LogP) is 3.30. The van der Waals surface area contributed by atoms with E-state index >= 15 is 0 Å². The van der Waals surface area contributed by atoms with Gasteiger partial charge in [-0.15, -0.1) is 0 Å². The third-order valence-corrected chi connectivity index (χ3v) is 3.96. The fourth-order valence-electron chi connectivity index (χ4n) is 2.89. The van der Waals surface area contributed by atoms with E-state index in [9.17, 15) is 13.6 Å². The second kappa shape index (κ2) is 5.76. The van der Waals surface area contributed by atoms with Crippen molar-refractivity contribution in [3.05, 3.63) is 63.3 Å². The van der Waals surface area contributed by atoms with Crippen LogP contribution in [0.1, 0.15) is 48.7 Å². The average Bonchev–Trinajstić information content (AvgIpc) is 2.95. The second-order valence-corrected chi connectivity index (χ2v) is 5.51. The molecule has 1 aromatic carbocycles. The molecule has 0 saturated heterocycles. The van der Waals surface area contributed by atoms with Gasteiger partial charge in [0.25, 0.3) is 5.56 Å². The molecule has 0 spiro atoms. The van der Waals surface area contributed by atoms with Gasteiger partial charge in [-0.2, -0.15) is 0 Å². The summed E-state index contributed by atoms with van der Waals surface area (Å²) in [6.07, 6.45) is 4.55. The van der Waals surface area contributed by atoms with Crippen LogP contribution in [0.5, 0.6) is 0 Å². The van der Waals surface area contributed by atoms with Gasteiger partial charge in [-0.05, 0) is 24.5 Å². The Labute approximate surface area is 121 Å². The molecule has 2 aromatic rings. The third kappa shape index (κ3) is 3.17. The molecule has 1 aliphatic carbocycles. The van der Waals surface area contributed by atoms with Gasteiger partial charge in [0.05, 0.1) is 5.69 Å². The lowest BCUT2D eigenvalue weighted by molar-refractivity contribution is 0.573. The Morgan fingerprint density at radius 3 is 2.67 bits per heavy atom. The number of nitrogens with one attached hydrogen (secondary N) is 1. The van der Waals surface area contributed by atoms with Crippen LogP contribution < -0.4 is 5.56 Å². The lowest BCUT2D eigenvalue weighted by atomic mass is 10.0. The number of hydrogen-bond donors (Lipinski definition) is 1. The predicted molar refractivity (Wildman–Crippen MR) is 75.2 cm³/mol. The van der Waals surface area contributed by atoms with Gasteiger partial charge < -0.3 is 4.98 Å². The summed E-state index contributed by atoms with van der Waals surface area (Å²) < 4.78 is 26.6. The molecule has 5 heteroatoms. The molecule has 0 radical (unpaired) electrons. The van der Waals surface area contributed by atoms with Crippen molar-refractivity contribution in [3.63, 3.8) is 0 Å². The van der Waals surface area contributed by atoms with Gasteiger partial charge in [0.1, 0.15) is 17.5 Å². The van der Waals surface area contributed by atoms with Crippen LogP contribution in [0.2, 0.25) is 0 Å². The van der Waals surface area contributed by atoms with Crippen LogP contribution >= 0.6 is 0 Å². The summed E-state index contributed by atoms with van der Waals surface area (Å²) in [6.45, 7) is 0. The van der Waals surface area contributed by atoms with Crippen molar-refractivity contribution in [1.82, 2.24) is 9.97 Å². The highest BCUT2D eigenvalue weighted by Crippen LogP contribution is 2.32. The summed E-state index contributed by atoms with van der Waals surface area (Å²) in [7, 11) is 0. The standard InChI is InChI=1S/C16H16F2N2O/c17-12-6-5-11(13(18)8-12)7-15-19-14(9-16(21)20-15)10-3-1-2-4-10/h5-6,8-10H,1-4,7H2,(H,19,20,21). The molecule has 1 saturated carbocycles. The monoisotopic (exact) mass is 290 g/mol. The molecule has 1 fully saturated rings. The molecule has 0 atom stereocenters. The van der Waals surface area contributed by atoms with Gasteiger partial charge in [0.15, 0.2) is 0 Å². The topological polar surface area (TPSA) is 45.8 Å². The van der Waals surface area contributed by atoms with E-state index in [4.69, 9.17) is 0 Å². The summed E-state index contributed by atoms with van der Waals surface area (Å²) in [4.78, 5) is 18.8. The van der Waals surface area contributed by atoms with Crippen molar-refractivity contribution >= 4 is 0 Å². The van der Waals surface area contributed by atoms with Crippen molar-refractivity contribution in [2.45, 2.75) is 38.0 Å². The zero-order chi connectivity index (χ0) is 14.8. The maximum Gasteiger partial charge on any atom is 0.251 e. The maximum absolute atomic E-state index is 13.7. The van der Waals surface area contributed by atoms with Gasteiger partial charge in [-0.1, -0.05) is 18.9 Å². The molecule has 0 bridgehead atoms. The molecule has 0 aliphatic heterocycles. The molecule has 110 valence electrons. The normalized spacial score (nSPS) is 15.5. The van der Waals surface area contributed by atoms with Gasteiger partial charge >= 0.3 is 0 Å². The molecule has 1 aliphatic rings. The van der Waals surface area contributed by atoms with Crippen LogP contribution in [0, 0.1) is 11.6 Å². The Balaban J connectivity index is 1.89. The van der Waals surface area contributed by atoms with Crippen molar-refractivity contribution < 1.29 is 8.78 Å². The number of nitrogens with zero attached hydrogens (tertiary/aromatic N) is 1. The van der Waals surface area contributed by atoms with E-state index in [0.29, 0.717) is 17.3 Å². The van der Waals surface area contributed by atoms with E-state index in [2.05, 4.69) is 9.97 Å². The summed E-state index contributed by atoms with van der Waals surface area (Å²) in [6, 6.07) is 4.96. The molecule has 3 rings (SSSR count). The van der Waals surface area contributed by atoms with Crippen molar-refractivity contribution in [2.24, 2.45) is 0 Å². The summed E-state index contributed by atoms with van der Waals surface area (Å²) in [5.41, 5.74) is 0.890. The molecular formula is C16H16F2N2O. The first-order valence-corrected chi connectivity index (χ1v) is 7.16. The number of H-pyrrole nitrogens is 1. The Bertz CT molecular complexity index is 706. The minimum absolute atomic E-state index is 0.155. The lowest BCUT2D eigenvalue weighted by Gasteiger charge is -2.10. The fraction of sp³-hybridized carbons (Fsp3) is 0.375. The quantitative estimate of drug-likeness (QED) is 0.942. The first kappa shape index (κ1) is 13.9. The van der Waals surface area contributed by atoms with Crippen LogP contribution in [0.4, 0.5) is 8.78 Å². The molecular weight excluding hydrogens is 274 g/mol. The van der Waals surface area contributed by atoms with Gasteiger partial charge in [-0.3, -0.25) is 4.79 Å². The van der Waals surface area contributed by atoms with E-state index in [-0.39, 0.29) is 12.0 Å². The first-order valence-electron chi connectivity index (χ1n) is 7.16.